The third kappa shape index (κ3) is 4.60. The van der Waals surface area contributed by atoms with Crippen molar-refractivity contribution >= 4 is 15.9 Å². The lowest BCUT2D eigenvalue weighted by Gasteiger charge is -2.17. The van der Waals surface area contributed by atoms with E-state index in [0.717, 1.165) is 29.7 Å². The third-order valence-corrected chi connectivity index (χ3v) is 2.87. The molecule has 0 saturated carbocycles. The lowest BCUT2D eigenvalue weighted by Crippen LogP contribution is -2.29. The SMILES string of the molecule is CCNCCN(C)Cc1ccc(Br)cc1F. The highest BCUT2D eigenvalue weighted by molar-refractivity contribution is 9.10. The average Bonchev–Trinajstić information content (AvgIpc) is 2.23. The summed E-state index contributed by atoms with van der Waals surface area (Å²) in [6.45, 7) is 5.55. The molecule has 1 aromatic rings. The van der Waals surface area contributed by atoms with E-state index in [-0.39, 0.29) is 5.82 Å². The Morgan fingerprint density at radius 3 is 2.81 bits per heavy atom. The van der Waals surface area contributed by atoms with Crippen LogP contribution in [-0.4, -0.2) is 31.6 Å². The molecule has 0 heterocycles. The van der Waals surface area contributed by atoms with E-state index in [4.69, 9.17) is 0 Å². The van der Waals surface area contributed by atoms with E-state index in [1.54, 1.807) is 0 Å². The Bertz CT molecular complexity index is 331. The van der Waals surface area contributed by atoms with E-state index >= 15 is 0 Å². The number of nitrogens with one attached hydrogen (secondary N) is 1. The van der Waals surface area contributed by atoms with E-state index in [0.29, 0.717) is 6.54 Å². The molecule has 90 valence electrons. The highest BCUT2D eigenvalue weighted by Gasteiger charge is 2.05. The van der Waals surface area contributed by atoms with E-state index in [1.165, 1.54) is 6.07 Å². The van der Waals surface area contributed by atoms with Crippen molar-refractivity contribution in [3.8, 4) is 0 Å². The first-order valence-corrected chi connectivity index (χ1v) is 6.26. The first kappa shape index (κ1) is 13.6. The van der Waals surface area contributed by atoms with Gasteiger partial charge in [-0.05, 0) is 25.7 Å². The maximum atomic E-state index is 13.5. The fourth-order valence-electron chi connectivity index (χ4n) is 1.47. The van der Waals surface area contributed by atoms with Crippen LogP contribution in [0, 0.1) is 5.82 Å². The Hall–Kier alpha value is -0.450. The van der Waals surface area contributed by atoms with Crippen LogP contribution in [0.5, 0.6) is 0 Å². The van der Waals surface area contributed by atoms with Crippen LogP contribution in [0.15, 0.2) is 22.7 Å². The summed E-state index contributed by atoms with van der Waals surface area (Å²) < 4.78 is 14.3. The number of nitrogens with zero attached hydrogens (tertiary/aromatic N) is 1. The Kier molecular flexibility index (Phi) is 5.95. The predicted octanol–water partition coefficient (Wildman–Crippen LogP) is 2.63. The number of likely N-dealkylation sites (N-methyl/N-ethyl adjacent to an activating group) is 2. The molecule has 2 nitrogen and oxygen atoms in total. The molecule has 1 rings (SSSR count). The molecular weight excluding hydrogens is 271 g/mol. The van der Waals surface area contributed by atoms with Crippen LogP contribution in [0.25, 0.3) is 0 Å². The van der Waals surface area contributed by atoms with Crippen molar-refractivity contribution in [2.75, 3.05) is 26.7 Å². The predicted molar refractivity (Wildman–Crippen MR) is 69.0 cm³/mol. The highest BCUT2D eigenvalue weighted by Crippen LogP contribution is 2.16. The highest BCUT2D eigenvalue weighted by atomic mass is 79.9. The van der Waals surface area contributed by atoms with Crippen LogP contribution in [-0.2, 0) is 6.54 Å². The van der Waals surface area contributed by atoms with Gasteiger partial charge in [-0.1, -0.05) is 28.9 Å². The molecule has 0 unspecified atom stereocenters. The van der Waals surface area contributed by atoms with Crippen LogP contribution >= 0.6 is 15.9 Å². The monoisotopic (exact) mass is 288 g/mol. The fourth-order valence-corrected chi connectivity index (χ4v) is 1.80. The van der Waals surface area contributed by atoms with Gasteiger partial charge in [0, 0.05) is 29.7 Å². The Morgan fingerprint density at radius 2 is 2.19 bits per heavy atom. The smallest absolute Gasteiger partial charge is 0.128 e. The molecule has 0 atom stereocenters. The normalized spacial score (nSPS) is 11.1. The van der Waals surface area contributed by atoms with Crippen molar-refractivity contribution in [3.05, 3.63) is 34.1 Å². The van der Waals surface area contributed by atoms with Gasteiger partial charge < -0.3 is 10.2 Å². The van der Waals surface area contributed by atoms with Crippen molar-refractivity contribution in [1.29, 1.82) is 0 Å². The quantitative estimate of drug-likeness (QED) is 0.810. The van der Waals surface area contributed by atoms with Gasteiger partial charge >= 0.3 is 0 Å². The van der Waals surface area contributed by atoms with Crippen LogP contribution in [0.3, 0.4) is 0 Å². The summed E-state index contributed by atoms with van der Waals surface area (Å²) in [6, 6.07) is 5.20. The number of benzene rings is 1. The van der Waals surface area contributed by atoms with Crippen LogP contribution < -0.4 is 5.32 Å². The molecule has 0 bridgehead atoms. The van der Waals surface area contributed by atoms with Gasteiger partial charge in [-0.3, -0.25) is 0 Å². The minimum absolute atomic E-state index is 0.148. The van der Waals surface area contributed by atoms with E-state index < -0.39 is 0 Å². The van der Waals surface area contributed by atoms with Crippen molar-refractivity contribution in [2.45, 2.75) is 13.5 Å². The zero-order chi connectivity index (χ0) is 12.0. The summed E-state index contributed by atoms with van der Waals surface area (Å²) in [6.07, 6.45) is 0. The van der Waals surface area contributed by atoms with Crippen molar-refractivity contribution in [2.24, 2.45) is 0 Å². The van der Waals surface area contributed by atoms with Gasteiger partial charge in [0.25, 0.3) is 0 Å². The van der Waals surface area contributed by atoms with Crippen molar-refractivity contribution in [1.82, 2.24) is 10.2 Å². The zero-order valence-electron chi connectivity index (χ0n) is 9.76. The second kappa shape index (κ2) is 6.99. The van der Waals surface area contributed by atoms with E-state index in [9.17, 15) is 4.39 Å². The first-order valence-electron chi connectivity index (χ1n) is 5.46. The number of hydrogen-bond donors (Lipinski definition) is 1. The fraction of sp³-hybridized carbons (Fsp3) is 0.500. The molecule has 16 heavy (non-hydrogen) atoms. The Balaban J connectivity index is 2.46. The molecule has 0 saturated heterocycles. The molecule has 0 spiro atoms. The zero-order valence-corrected chi connectivity index (χ0v) is 11.3. The molecule has 0 radical (unpaired) electrons. The maximum Gasteiger partial charge on any atom is 0.128 e. The maximum absolute atomic E-state index is 13.5. The lowest BCUT2D eigenvalue weighted by molar-refractivity contribution is 0.320. The lowest BCUT2D eigenvalue weighted by atomic mass is 10.2. The number of hydrogen-bond acceptors (Lipinski definition) is 2. The average molecular weight is 289 g/mol. The molecule has 1 aromatic carbocycles. The molecule has 4 heteroatoms. The van der Waals surface area contributed by atoms with E-state index in [1.807, 2.05) is 19.2 Å². The first-order chi connectivity index (χ1) is 7.63. The Morgan fingerprint density at radius 1 is 1.44 bits per heavy atom. The molecule has 0 aliphatic heterocycles. The molecule has 1 N–H and O–H groups in total. The second-order valence-corrected chi connectivity index (χ2v) is 4.74. The molecule has 0 amide bonds. The van der Waals surface area contributed by atoms with Gasteiger partial charge in [0.15, 0.2) is 0 Å². The van der Waals surface area contributed by atoms with Crippen LogP contribution in [0.2, 0.25) is 0 Å². The molecule has 0 aliphatic carbocycles. The van der Waals surface area contributed by atoms with Gasteiger partial charge in [-0.2, -0.15) is 0 Å². The van der Waals surface area contributed by atoms with Gasteiger partial charge in [-0.15, -0.1) is 0 Å². The second-order valence-electron chi connectivity index (χ2n) is 3.83. The molecule has 0 fully saturated rings. The molecule has 0 aromatic heterocycles. The summed E-state index contributed by atoms with van der Waals surface area (Å²) >= 11 is 3.25. The van der Waals surface area contributed by atoms with Gasteiger partial charge in [0.1, 0.15) is 5.82 Å². The molecular formula is C12H18BrFN2. The largest absolute Gasteiger partial charge is 0.316 e. The van der Waals surface area contributed by atoms with Crippen molar-refractivity contribution < 1.29 is 4.39 Å². The summed E-state index contributed by atoms with van der Waals surface area (Å²) in [5.74, 6) is -0.148. The van der Waals surface area contributed by atoms with Crippen LogP contribution in [0.4, 0.5) is 4.39 Å². The topological polar surface area (TPSA) is 15.3 Å². The number of halogens is 2. The summed E-state index contributed by atoms with van der Waals surface area (Å²) in [5.41, 5.74) is 0.738. The Labute approximate surface area is 105 Å². The summed E-state index contributed by atoms with van der Waals surface area (Å²) in [4.78, 5) is 2.11. The van der Waals surface area contributed by atoms with Gasteiger partial charge in [0.2, 0.25) is 0 Å². The van der Waals surface area contributed by atoms with Crippen LogP contribution in [0.1, 0.15) is 12.5 Å². The summed E-state index contributed by atoms with van der Waals surface area (Å²) in [5, 5.41) is 3.25. The van der Waals surface area contributed by atoms with E-state index in [2.05, 4.69) is 33.1 Å². The minimum Gasteiger partial charge on any atom is -0.316 e. The minimum atomic E-state index is -0.148. The summed E-state index contributed by atoms with van der Waals surface area (Å²) in [7, 11) is 2.00. The third-order valence-electron chi connectivity index (χ3n) is 2.38. The molecule has 0 aliphatic rings. The van der Waals surface area contributed by atoms with Crippen molar-refractivity contribution in [3.63, 3.8) is 0 Å². The standard InChI is InChI=1S/C12H18BrFN2/c1-3-15-6-7-16(2)9-10-4-5-11(13)8-12(10)14/h4-5,8,15H,3,6-7,9H2,1-2H3. The van der Waals surface area contributed by atoms with Gasteiger partial charge in [-0.25, -0.2) is 4.39 Å². The van der Waals surface area contributed by atoms with Gasteiger partial charge in [0.05, 0.1) is 0 Å². The number of rotatable bonds is 6.